The number of hydrogen-bond acceptors (Lipinski definition) is 4. The molecule has 0 aliphatic carbocycles. The molecule has 4 heteroatoms. The van der Waals surface area contributed by atoms with Gasteiger partial charge in [0.2, 0.25) is 0 Å². The monoisotopic (exact) mass is 381 g/mol. The highest BCUT2D eigenvalue weighted by Gasteiger charge is 2.29. The molecule has 0 spiro atoms. The smallest absolute Gasteiger partial charge is 0.162 e. The van der Waals surface area contributed by atoms with Crippen LogP contribution in [0.25, 0.3) is 22.2 Å². The van der Waals surface area contributed by atoms with Crippen molar-refractivity contribution in [3.05, 3.63) is 89.7 Å². The number of ether oxygens (including phenoxy) is 1. The third-order valence-electron chi connectivity index (χ3n) is 5.78. The molecule has 4 aromatic rings. The maximum absolute atomic E-state index is 5.89. The van der Waals surface area contributed by atoms with Gasteiger partial charge in [0, 0.05) is 37.0 Å². The van der Waals surface area contributed by atoms with E-state index in [2.05, 4.69) is 76.5 Å². The molecule has 29 heavy (non-hydrogen) atoms. The molecule has 0 saturated carbocycles. The van der Waals surface area contributed by atoms with Crippen molar-refractivity contribution in [3.8, 4) is 17.1 Å². The minimum atomic E-state index is 0.299. The first-order chi connectivity index (χ1) is 14.2. The normalized spacial score (nSPS) is 16.6. The second kappa shape index (κ2) is 7.30. The SMILES string of the molecule is COc1c(-c2ncccn2)ccc2c1CN(C)CC2c1ccc2ccccc2c1. The lowest BCUT2D eigenvalue weighted by Crippen LogP contribution is -2.31. The first kappa shape index (κ1) is 17.8. The minimum absolute atomic E-state index is 0.299. The summed E-state index contributed by atoms with van der Waals surface area (Å²) >= 11 is 0. The second-order valence-electron chi connectivity index (χ2n) is 7.64. The summed E-state index contributed by atoms with van der Waals surface area (Å²) in [5.41, 5.74) is 4.83. The quantitative estimate of drug-likeness (QED) is 0.507. The molecule has 4 nitrogen and oxygen atoms in total. The van der Waals surface area contributed by atoms with Crippen LogP contribution in [0.3, 0.4) is 0 Å². The lowest BCUT2D eigenvalue weighted by Gasteiger charge is -2.34. The molecule has 1 unspecified atom stereocenters. The highest BCUT2D eigenvalue weighted by molar-refractivity contribution is 5.83. The predicted octanol–water partition coefficient (Wildman–Crippen LogP) is 4.88. The van der Waals surface area contributed by atoms with Gasteiger partial charge in [-0.2, -0.15) is 0 Å². The highest BCUT2D eigenvalue weighted by Crippen LogP contribution is 2.42. The Morgan fingerprint density at radius 2 is 1.72 bits per heavy atom. The van der Waals surface area contributed by atoms with Crippen molar-refractivity contribution in [2.75, 3.05) is 20.7 Å². The average Bonchev–Trinajstić information content (AvgIpc) is 2.78. The Bertz CT molecular complexity index is 1170. The zero-order chi connectivity index (χ0) is 19.8. The molecule has 0 saturated heterocycles. The minimum Gasteiger partial charge on any atom is -0.496 e. The summed E-state index contributed by atoms with van der Waals surface area (Å²) in [6.07, 6.45) is 3.54. The molecule has 0 fully saturated rings. The Labute approximate surface area is 170 Å². The van der Waals surface area contributed by atoms with E-state index in [4.69, 9.17) is 4.74 Å². The molecule has 3 aromatic carbocycles. The van der Waals surface area contributed by atoms with Gasteiger partial charge in [-0.05, 0) is 41.1 Å². The molecule has 1 atom stereocenters. The molecular weight excluding hydrogens is 358 g/mol. The fourth-order valence-corrected chi connectivity index (χ4v) is 4.43. The van der Waals surface area contributed by atoms with Gasteiger partial charge in [-0.3, -0.25) is 0 Å². The van der Waals surface area contributed by atoms with Crippen molar-refractivity contribution in [1.29, 1.82) is 0 Å². The Morgan fingerprint density at radius 3 is 2.52 bits per heavy atom. The summed E-state index contributed by atoms with van der Waals surface area (Å²) in [5.74, 6) is 1.88. The molecule has 144 valence electrons. The Kier molecular flexibility index (Phi) is 4.49. The van der Waals surface area contributed by atoms with Gasteiger partial charge in [0.15, 0.2) is 5.82 Å². The van der Waals surface area contributed by atoms with Gasteiger partial charge in [-0.1, -0.05) is 48.5 Å². The van der Waals surface area contributed by atoms with Gasteiger partial charge in [0.1, 0.15) is 5.75 Å². The summed E-state index contributed by atoms with van der Waals surface area (Å²) in [7, 11) is 3.91. The molecular formula is C25H23N3O. The topological polar surface area (TPSA) is 38.3 Å². The van der Waals surface area contributed by atoms with E-state index in [1.807, 2.05) is 6.07 Å². The lowest BCUT2D eigenvalue weighted by molar-refractivity contribution is 0.286. The predicted molar refractivity (Wildman–Crippen MR) is 116 cm³/mol. The number of benzene rings is 3. The van der Waals surface area contributed by atoms with E-state index >= 15 is 0 Å². The molecule has 0 bridgehead atoms. The number of methoxy groups -OCH3 is 1. The van der Waals surface area contributed by atoms with Crippen LogP contribution in [0.5, 0.6) is 5.75 Å². The van der Waals surface area contributed by atoms with E-state index in [0.717, 1.165) is 24.4 Å². The number of rotatable bonds is 3. The van der Waals surface area contributed by atoms with Crippen molar-refractivity contribution in [2.45, 2.75) is 12.5 Å². The van der Waals surface area contributed by atoms with Crippen LogP contribution in [0.2, 0.25) is 0 Å². The third kappa shape index (κ3) is 3.15. The van der Waals surface area contributed by atoms with Crippen LogP contribution in [0.15, 0.2) is 73.1 Å². The van der Waals surface area contributed by atoms with Gasteiger partial charge >= 0.3 is 0 Å². The molecule has 0 N–H and O–H groups in total. The van der Waals surface area contributed by atoms with E-state index in [1.54, 1.807) is 19.5 Å². The van der Waals surface area contributed by atoms with Crippen molar-refractivity contribution < 1.29 is 4.74 Å². The zero-order valence-corrected chi connectivity index (χ0v) is 16.7. The van der Waals surface area contributed by atoms with Gasteiger partial charge < -0.3 is 9.64 Å². The van der Waals surface area contributed by atoms with Crippen LogP contribution in [0.1, 0.15) is 22.6 Å². The van der Waals surface area contributed by atoms with Crippen LogP contribution < -0.4 is 4.74 Å². The van der Waals surface area contributed by atoms with E-state index in [9.17, 15) is 0 Å². The standard InChI is InChI=1S/C25H23N3O/c1-28-15-22(19-9-8-17-6-3-4-7-18(17)14-19)20-10-11-21(24(29-2)23(20)16-28)25-26-12-5-13-27-25/h3-14,22H,15-16H2,1-2H3. The van der Waals surface area contributed by atoms with Crippen LogP contribution >= 0.6 is 0 Å². The van der Waals surface area contributed by atoms with Crippen molar-refractivity contribution in [2.24, 2.45) is 0 Å². The average molecular weight is 381 g/mol. The number of aromatic nitrogens is 2. The number of nitrogens with zero attached hydrogens (tertiary/aromatic N) is 3. The maximum atomic E-state index is 5.89. The summed E-state index contributed by atoms with van der Waals surface area (Å²) in [5, 5.41) is 2.55. The first-order valence-electron chi connectivity index (χ1n) is 9.89. The number of hydrogen-bond donors (Lipinski definition) is 0. The number of likely N-dealkylation sites (N-methyl/N-ethyl adjacent to an activating group) is 1. The highest BCUT2D eigenvalue weighted by atomic mass is 16.5. The van der Waals surface area contributed by atoms with Gasteiger partial charge in [0.05, 0.1) is 12.7 Å². The molecule has 5 rings (SSSR count). The molecule has 0 radical (unpaired) electrons. The van der Waals surface area contributed by atoms with Gasteiger partial charge in [0.25, 0.3) is 0 Å². The fraction of sp³-hybridized carbons (Fsp3) is 0.200. The van der Waals surface area contributed by atoms with Crippen molar-refractivity contribution >= 4 is 10.8 Å². The Balaban J connectivity index is 1.66. The molecule has 2 heterocycles. The molecule has 1 aliphatic heterocycles. The van der Waals surface area contributed by atoms with Crippen LogP contribution in [0, 0.1) is 0 Å². The third-order valence-corrected chi connectivity index (χ3v) is 5.78. The van der Waals surface area contributed by atoms with E-state index in [-0.39, 0.29) is 0 Å². The number of fused-ring (bicyclic) bond motifs is 2. The van der Waals surface area contributed by atoms with Gasteiger partial charge in [-0.25, -0.2) is 9.97 Å². The summed E-state index contributed by atoms with van der Waals surface area (Å²) in [4.78, 5) is 11.2. The Morgan fingerprint density at radius 1 is 0.931 bits per heavy atom. The van der Waals surface area contributed by atoms with Crippen LogP contribution in [0.4, 0.5) is 0 Å². The van der Waals surface area contributed by atoms with E-state index in [0.29, 0.717) is 11.7 Å². The van der Waals surface area contributed by atoms with Crippen molar-refractivity contribution in [3.63, 3.8) is 0 Å². The van der Waals surface area contributed by atoms with Crippen LogP contribution in [-0.2, 0) is 6.54 Å². The van der Waals surface area contributed by atoms with Crippen LogP contribution in [-0.4, -0.2) is 35.6 Å². The second-order valence-corrected chi connectivity index (χ2v) is 7.64. The van der Waals surface area contributed by atoms with Gasteiger partial charge in [-0.15, -0.1) is 0 Å². The molecule has 1 aromatic heterocycles. The zero-order valence-electron chi connectivity index (χ0n) is 16.7. The van der Waals surface area contributed by atoms with E-state index < -0.39 is 0 Å². The van der Waals surface area contributed by atoms with E-state index in [1.165, 1.54) is 27.5 Å². The largest absolute Gasteiger partial charge is 0.496 e. The summed E-state index contributed by atoms with van der Waals surface area (Å²) in [6.45, 7) is 1.83. The maximum Gasteiger partial charge on any atom is 0.162 e. The molecule has 0 amide bonds. The van der Waals surface area contributed by atoms with Crippen molar-refractivity contribution in [1.82, 2.24) is 14.9 Å². The molecule has 1 aliphatic rings. The fourth-order valence-electron chi connectivity index (χ4n) is 4.43. The summed E-state index contributed by atoms with van der Waals surface area (Å²) < 4.78 is 5.89. The Hall–Kier alpha value is -3.24. The first-order valence-corrected chi connectivity index (χ1v) is 9.89. The summed E-state index contributed by atoms with van der Waals surface area (Å²) in [6, 6.07) is 21.5. The lowest BCUT2D eigenvalue weighted by atomic mass is 9.83.